The van der Waals surface area contributed by atoms with Crippen molar-refractivity contribution in [2.75, 3.05) is 5.32 Å². The van der Waals surface area contributed by atoms with Gasteiger partial charge in [-0.1, -0.05) is 31.5 Å². The highest BCUT2D eigenvalue weighted by molar-refractivity contribution is 6.34. The molecule has 0 unspecified atom stereocenters. The van der Waals surface area contributed by atoms with Crippen molar-refractivity contribution >= 4 is 23.2 Å². The molecule has 4 heteroatoms. The molecule has 16 heavy (non-hydrogen) atoms. The van der Waals surface area contributed by atoms with Crippen LogP contribution in [0.2, 0.25) is 5.02 Å². The Morgan fingerprint density at radius 1 is 1.38 bits per heavy atom. The first-order chi connectivity index (χ1) is 7.63. The van der Waals surface area contributed by atoms with E-state index in [1.165, 1.54) is 0 Å². The van der Waals surface area contributed by atoms with Crippen LogP contribution in [0.3, 0.4) is 0 Å². The van der Waals surface area contributed by atoms with Crippen LogP contribution in [-0.4, -0.2) is 11.5 Å². The zero-order valence-electron chi connectivity index (χ0n) is 9.34. The molecule has 1 aliphatic heterocycles. The minimum absolute atomic E-state index is 0.113. The number of carbonyl (C=O) groups excluding carboxylic acids is 1. The summed E-state index contributed by atoms with van der Waals surface area (Å²) in [5, 5.41) is 3.33. The summed E-state index contributed by atoms with van der Waals surface area (Å²) in [6.45, 7) is 3.89. The predicted octanol–water partition coefficient (Wildman–Crippen LogP) is 3.23. The van der Waals surface area contributed by atoms with Gasteiger partial charge in [-0.15, -0.1) is 0 Å². The van der Waals surface area contributed by atoms with Gasteiger partial charge in [0.2, 0.25) is 0 Å². The highest BCUT2D eigenvalue weighted by atomic mass is 35.5. The van der Waals surface area contributed by atoms with Crippen molar-refractivity contribution in [3.63, 3.8) is 0 Å². The molecule has 0 aromatic heterocycles. The number of carbonyl (C=O) groups is 1. The number of nitrogens with one attached hydrogen (secondary N) is 1. The monoisotopic (exact) mass is 239 g/mol. The zero-order valence-corrected chi connectivity index (χ0v) is 10.1. The fraction of sp³-hybridized carbons (Fsp3) is 0.417. The lowest BCUT2D eigenvalue weighted by Gasteiger charge is -2.36. The van der Waals surface area contributed by atoms with E-state index in [0.29, 0.717) is 29.3 Å². The number of para-hydroxylation sites is 1. The molecule has 1 N–H and O–H groups in total. The number of ether oxygens (including phenoxy) is 1. The average molecular weight is 240 g/mol. The second kappa shape index (κ2) is 3.98. The maximum absolute atomic E-state index is 12.0. The molecular formula is C12H14ClNO2. The molecule has 1 aliphatic rings. The lowest BCUT2D eigenvalue weighted by atomic mass is 9.94. The molecule has 1 aromatic rings. The first-order valence-corrected chi connectivity index (χ1v) is 5.79. The Kier molecular flexibility index (Phi) is 2.80. The van der Waals surface area contributed by atoms with Crippen LogP contribution in [0.5, 0.6) is 5.75 Å². The molecule has 1 amide bonds. The minimum atomic E-state index is -0.752. The Hall–Kier alpha value is -1.22. The van der Waals surface area contributed by atoms with E-state index in [9.17, 15) is 4.79 Å². The van der Waals surface area contributed by atoms with Gasteiger partial charge in [0.25, 0.3) is 5.91 Å². The van der Waals surface area contributed by atoms with Crippen LogP contribution < -0.4 is 10.1 Å². The van der Waals surface area contributed by atoms with Gasteiger partial charge in [-0.2, -0.15) is 0 Å². The number of anilines is 1. The van der Waals surface area contributed by atoms with Gasteiger partial charge in [0.15, 0.2) is 5.60 Å². The van der Waals surface area contributed by atoms with Gasteiger partial charge < -0.3 is 10.1 Å². The number of hydrogen-bond donors (Lipinski definition) is 1. The number of halogens is 1. The average Bonchev–Trinajstić information content (AvgIpc) is 2.30. The van der Waals surface area contributed by atoms with Crippen molar-refractivity contribution in [1.82, 2.24) is 0 Å². The Labute approximate surface area is 99.7 Å². The van der Waals surface area contributed by atoms with E-state index >= 15 is 0 Å². The predicted molar refractivity (Wildman–Crippen MR) is 64.0 cm³/mol. The summed E-state index contributed by atoms with van der Waals surface area (Å²) in [7, 11) is 0. The molecule has 1 aromatic carbocycles. The third-order valence-corrected chi connectivity index (χ3v) is 3.39. The topological polar surface area (TPSA) is 38.3 Å². The summed E-state index contributed by atoms with van der Waals surface area (Å²) in [6.07, 6.45) is 1.28. The minimum Gasteiger partial charge on any atom is -0.475 e. The smallest absolute Gasteiger partial charge is 0.268 e. The van der Waals surface area contributed by atoms with Crippen LogP contribution in [0.15, 0.2) is 18.2 Å². The number of rotatable bonds is 2. The number of fused-ring (bicyclic) bond motifs is 1. The molecule has 0 atom stereocenters. The Balaban J connectivity index is 2.46. The normalized spacial score (nSPS) is 17.3. The van der Waals surface area contributed by atoms with Crippen molar-refractivity contribution in [3.8, 4) is 5.75 Å². The number of hydrogen-bond acceptors (Lipinski definition) is 2. The van der Waals surface area contributed by atoms with Crippen LogP contribution in [-0.2, 0) is 4.79 Å². The summed E-state index contributed by atoms with van der Waals surface area (Å²) in [5.74, 6) is 0.536. The van der Waals surface area contributed by atoms with E-state index in [-0.39, 0.29) is 5.91 Å². The van der Waals surface area contributed by atoms with Crippen molar-refractivity contribution in [2.24, 2.45) is 0 Å². The lowest BCUT2D eigenvalue weighted by molar-refractivity contribution is -0.133. The van der Waals surface area contributed by atoms with Crippen LogP contribution in [0.25, 0.3) is 0 Å². The van der Waals surface area contributed by atoms with Crippen LogP contribution in [0.1, 0.15) is 26.7 Å². The van der Waals surface area contributed by atoms with Gasteiger partial charge >= 0.3 is 0 Å². The summed E-state index contributed by atoms with van der Waals surface area (Å²) in [4.78, 5) is 12.0. The van der Waals surface area contributed by atoms with E-state index in [2.05, 4.69) is 5.32 Å². The molecule has 0 fully saturated rings. The van der Waals surface area contributed by atoms with Crippen molar-refractivity contribution in [2.45, 2.75) is 32.3 Å². The Morgan fingerprint density at radius 2 is 2.06 bits per heavy atom. The first kappa shape index (κ1) is 11.3. The number of benzene rings is 1. The number of amides is 1. The quantitative estimate of drug-likeness (QED) is 0.861. The largest absolute Gasteiger partial charge is 0.475 e. The van der Waals surface area contributed by atoms with E-state index in [1.807, 2.05) is 26.0 Å². The van der Waals surface area contributed by atoms with Crippen LogP contribution in [0.4, 0.5) is 5.69 Å². The molecule has 2 rings (SSSR count). The summed E-state index contributed by atoms with van der Waals surface area (Å²) in [6, 6.07) is 5.37. The molecule has 86 valence electrons. The van der Waals surface area contributed by atoms with E-state index in [1.54, 1.807) is 6.07 Å². The van der Waals surface area contributed by atoms with Crippen LogP contribution in [0, 0.1) is 0 Å². The Bertz CT molecular complexity index is 427. The fourth-order valence-corrected chi connectivity index (χ4v) is 2.12. The maximum atomic E-state index is 12.0. The summed E-state index contributed by atoms with van der Waals surface area (Å²) >= 11 is 5.99. The van der Waals surface area contributed by atoms with Crippen molar-refractivity contribution in [3.05, 3.63) is 23.2 Å². The highest BCUT2D eigenvalue weighted by Crippen LogP contribution is 2.40. The van der Waals surface area contributed by atoms with E-state index in [4.69, 9.17) is 16.3 Å². The first-order valence-electron chi connectivity index (χ1n) is 5.42. The van der Waals surface area contributed by atoms with Crippen molar-refractivity contribution < 1.29 is 9.53 Å². The molecular weight excluding hydrogens is 226 g/mol. The Morgan fingerprint density at radius 3 is 2.69 bits per heavy atom. The lowest BCUT2D eigenvalue weighted by Crippen LogP contribution is -2.50. The second-order valence-corrected chi connectivity index (χ2v) is 4.28. The maximum Gasteiger partial charge on any atom is 0.268 e. The molecule has 0 saturated carbocycles. The summed E-state index contributed by atoms with van der Waals surface area (Å²) in [5.41, 5.74) is -0.177. The highest BCUT2D eigenvalue weighted by Gasteiger charge is 2.41. The summed E-state index contributed by atoms with van der Waals surface area (Å²) < 4.78 is 5.81. The molecule has 1 heterocycles. The van der Waals surface area contributed by atoms with Gasteiger partial charge in [-0.3, -0.25) is 4.79 Å². The van der Waals surface area contributed by atoms with Gasteiger partial charge in [0.05, 0.1) is 5.02 Å². The van der Waals surface area contributed by atoms with E-state index < -0.39 is 5.60 Å². The van der Waals surface area contributed by atoms with Crippen LogP contribution >= 0.6 is 11.6 Å². The molecule has 0 bridgehead atoms. The fourth-order valence-electron chi connectivity index (χ4n) is 1.91. The standard InChI is InChI=1S/C12H14ClNO2/c1-3-12(4-2)11(15)14-10-8(13)6-5-7-9(10)16-12/h5-7H,3-4H2,1-2H3,(H,14,15). The van der Waals surface area contributed by atoms with Crippen molar-refractivity contribution in [1.29, 1.82) is 0 Å². The molecule has 0 spiro atoms. The van der Waals surface area contributed by atoms with Gasteiger partial charge in [0.1, 0.15) is 11.4 Å². The van der Waals surface area contributed by atoms with Gasteiger partial charge in [0, 0.05) is 0 Å². The molecule has 0 aliphatic carbocycles. The molecule has 0 radical (unpaired) electrons. The zero-order chi connectivity index (χ0) is 11.8. The molecule has 3 nitrogen and oxygen atoms in total. The third kappa shape index (κ3) is 1.55. The van der Waals surface area contributed by atoms with Gasteiger partial charge in [-0.25, -0.2) is 0 Å². The second-order valence-electron chi connectivity index (χ2n) is 3.87. The van der Waals surface area contributed by atoms with Gasteiger partial charge in [-0.05, 0) is 25.0 Å². The van der Waals surface area contributed by atoms with E-state index in [0.717, 1.165) is 0 Å². The molecule has 0 saturated heterocycles. The SMILES string of the molecule is CCC1(CC)Oc2cccc(Cl)c2NC1=O. The third-order valence-electron chi connectivity index (χ3n) is 3.08.